The van der Waals surface area contributed by atoms with Crippen LogP contribution in [0.2, 0.25) is 0 Å². The van der Waals surface area contributed by atoms with Gasteiger partial charge < -0.3 is 10.1 Å². The number of halogens is 1. The smallest absolute Gasteiger partial charge is 0.262 e. The zero-order valence-electron chi connectivity index (χ0n) is 14.7. The summed E-state index contributed by atoms with van der Waals surface area (Å²) in [5, 5.41) is 2.73. The topological polar surface area (TPSA) is 84.5 Å². The van der Waals surface area contributed by atoms with Gasteiger partial charge in [0.1, 0.15) is 11.6 Å². The van der Waals surface area contributed by atoms with Gasteiger partial charge in [0, 0.05) is 5.69 Å². The molecule has 0 atom stereocenters. The minimum Gasteiger partial charge on any atom is -0.454 e. The van der Waals surface area contributed by atoms with Crippen LogP contribution in [0.5, 0.6) is 11.5 Å². The Morgan fingerprint density at radius 2 is 1.79 bits per heavy atom. The number of carbonyl (C=O) groups excluding carboxylic acids is 1. The van der Waals surface area contributed by atoms with Gasteiger partial charge in [-0.15, -0.1) is 0 Å². The fraction of sp³-hybridized carbons (Fsp3) is 0.0500. The predicted molar refractivity (Wildman–Crippen MR) is 103 cm³/mol. The van der Waals surface area contributed by atoms with Gasteiger partial charge in [0.15, 0.2) is 5.75 Å². The van der Waals surface area contributed by atoms with E-state index in [4.69, 9.17) is 4.74 Å². The highest BCUT2D eigenvalue weighted by molar-refractivity contribution is 7.92. The van der Waals surface area contributed by atoms with Crippen molar-refractivity contribution in [1.29, 1.82) is 0 Å². The van der Waals surface area contributed by atoms with E-state index >= 15 is 0 Å². The summed E-state index contributed by atoms with van der Waals surface area (Å²) in [6.45, 7) is 1.51. The Morgan fingerprint density at radius 3 is 2.57 bits per heavy atom. The van der Waals surface area contributed by atoms with Crippen molar-refractivity contribution in [3.8, 4) is 11.5 Å². The molecule has 0 saturated heterocycles. The molecule has 3 aromatic rings. The lowest BCUT2D eigenvalue weighted by molar-refractivity contribution is 0.102. The average molecular weight is 398 g/mol. The van der Waals surface area contributed by atoms with Crippen molar-refractivity contribution in [1.82, 2.24) is 0 Å². The van der Waals surface area contributed by atoms with Gasteiger partial charge in [-0.1, -0.05) is 12.1 Å². The van der Waals surface area contributed by atoms with Crippen LogP contribution in [0.1, 0.15) is 15.9 Å². The van der Waals surface area contributed by atoms with Crippen molar-refractivity contribution in [3.63, 3.8) is 0 Å². The normalized spacial score (nSPS) is 12.9. The zero-order chi connectivity index (χ0) is 19.9. The SMILES string of the molecule is Cc1cc(F)ccc1S(=O)(=O)Nc1ccc2c(c1)C(=O)Nc1ccccc1O2. The summed E-state index contributed by atoms with van der Waals surface area (Å²) in [4.78, 5) is 12.5. The third-order valence-electron chi connectivity index (χ3n) is 4.26. The number of benzene rings is 3. The molecule has 8 heteroatoms. The molecule has 1 aliphatic rings. The molecule has 1 aliphatic heterocycles. The van der Waals surface area contributed by atoms with Crippen LogP contribution >= 0.6 is 0 Å². The molecule has 142 valence electrons. The van der Waals surface area contributed by atoms with Crippen molar-refractivity contribution >= 4 is 27.3 Å². The van der Waals surface area contributed by atoms with E-state index in [2.05, 4.69) is 10.0 Å². The second-order valence-corrected chi connectivity index (χ2v) is 7.93. The van der Waals surface area contributed by atoms with E-state index in [1.54, 1.807) is 24.3 Å². The molecule has 1 amide bonds. The average Bonchev–Trinajstić information content (AvgIpc) is 2.77. The summed E-state index contributed by atoms with van der Waals surface area (Å²) < 4.78 is 46.8. The Morgan fingerprint density at radius 1 is 1.00 bits per heavy atom. The number of carbonyl (C=O) groups is 1. The van der Waals surface area contributed by atoms with Crippen molar-refractivity contribution < 1.29 is 22.3 Å². The van der Waals surface area contributed by atoms with Gasteiger partial charge in [0.05, 0.1) is 16.1 Å². The zero-order valence-corrected chi connectivity index (χ0v) is 15.5. The van der Waals surface area contributed by atoms with Crippen molar-refractivity contribution in [2.75, 3.05) is 10.0 Å². The second kappa shape index (κ2) is 6.65. The van der Waals surface area contributed by atoms with Crippen LogP contribution < -0.4 is 14.8 Å². The van der Waals surface area contributed by atoms with E-state index in [0.717, 1.165) is 12.1 Å². The van der Waals surface area contributed by atoms with E-state index in [1.807, 2.05) is 0 Å². The summed E-state index contributed by atoms with van der Waals surface area (Å²) in [7, 11) is -3.96. The minimum atomic E-state index is -3.96. The third kappa shape index (κ3) is 3.29. The number of nitrogens with one attached hydrogen (secondary N) is 2. The first-order valence-corrected chi connectivity index (χ1v) is 9.83. The monoisotopic (exact) mass is 398 g/mol. The lowest BCUT2D eigenvalue weighted by atomic mass is 10.1. The number of hydrogen-bond acceptors (Lipinski definition) is 4. The van der Waals surface area contributed by atoms with Gasteiger partial charge in [-0.3, -0.25) is 9.52 Å². The van der Waals surface area contributed by atoms with Crippen LogP contribution in [-0.4, -0.2) is 14.3 Å². The van der Waals surface area contributed by atoms with Gasteiger partial charge in [-0.2, -0.15) is 0 Å². The van der Waals surface area contributed by atoms with E-state index in [-0.39, 0.29) is 21.7 Å². The molecule has 0 unspecified atom stereocenters. The molecule has 1 heterocycles. The van der Waals surface area contributed by atoms with E-state index in [0.29, 0.717) is 17.2 Å². The van der Waals surface area contributed by atoms with Gasteiger partial charge in [-0.05, 0) is 61.0 Å². The number of aryl methyl sites for hydroxylation is 1. The van der Waals surface area contributed by atoms with Gasteiger partial charge in [0.25, 0.3) is 15.9 Å². The van der Waals surface area contributed by atoms with Crippen LogP contribution in [0.4, 0.5) is 15.8 Å². The molecule has 0 radical (unpaired) electrons. The molecule has 0 aromatic heterocycles. The summed E-state index contributed by atoms with van der Waals surface area (Å²) in [6, 6.07) is 14.8. The lowest BCUT2D eigenvalue weighted by Gasteiger charge is -2.12. The Hall–Kier alpha value is -3.39. The first-order valence-electron chi connectivity index (χ1n) is 8.35. The van der Waals surface area contributed by atoms with Crippen LogP contribution in [0.3, 0.4) is 0 Å². The van der Waals surface area contributed by atoms with E-state index in [1.165, 1.54) is 31.2 Å². The molecule has 0 bridgehead atoms. The molecular formula is C20H15FN2O4S. The fourth-order valence-corrected chi connectivity index (χ4v) is 4.23. The molecule has 0 aliphatic carbocycles. The molecule has 0 fully saturated rings. The van der Waals surface area contributed by atoms with Crippen LogP contribution in [0.25, 0.3) is 0 Å². The maximum atomic E-state index is 13.3. The Balaban J connectivity index is 1.68. The molecule has 4 rings (SSSR count). The number of ether oxygens (including phenoxy) is 1. The molecule has 0 saturated carbocycles. The van der Waals surface area contributed by atoms with Gasteiger partial charge in [0.2, 0.25) is 0 Å². The van der Waals surface area contributed by atoms with Crippen molar-refractivity contribution in [3.05, 3.63) is 77.6 Å². The Labute approximate surface area is 161 Å². The maximum absolute atomic E-state index is 13.3. The third-order valence-corrected chi connectivity index (χ3v) is 5.80. The Bertz CT molecular complexity index is 1210. The highest BCUT2D eigenvalue weighted by Crippen LogP contribution is 2.36. The first-order chi connectivity index (χ1) is 13.3. The van der Waals surface area contributed by atoms with E-state index in [9.17, 15) is 17.6 Å². The van der Waals surface area contributed by atoms with Gasteiger partial charge >= 0.3 is 0 Å². The first kappa shape index (κ1) is 18.0. The Kier molecular flexibility index (Phi) is 4.27. The number of fused-ring (bicyclic) bond motifs is 2. The minimum absolute atomic E-state index is 0.0445. The maximum Gasteiger partial charge on any atom is 0.262 e. The molecule has 2 N–H and O–H groups in total. The highest BCUT2D eigenvalue weighted by Gasteiger charge is 2.23. The number of rotatable bonds is 3. The molecule has 3 aromatic carbocycles. The summed E-state index contributed by atoms with van der Waals surface area (Å²) >= 11 is 0. The largest absolute Gasteiger partial charge is 0.454 e. The van der Waals surface area contributed by atoms with Crippen molar-refractivity contribution in [2.24, 2.45) is 0 Å². The molecule has 28 heavy (non-hydrogen) atoms. The number of hydrogen-bond donors (Lipinski definition) is 2. The molecule has 6 nitrogen and oxygen atoms in total. The van der Waals surface area contributed by atoms with Crippen LogP contribution in [0.15, 0.2) is 65.6 Å². The van der Waals surface area contributed by atoms with Crippen LogP contribution in [-0.2, 0) is 10.0 Å². The van der Waals surface area contributed by atoms with Crippen molar-refractivity contribution in [2.45, 2.75) is 11.8 Å². The molecule has 0 spiro atoms. The number of amides is 1. The summed E-state index contributed by atoms with van der Waals surface area (Å²) in [5.41, 5.74) is 1.17. The number of para-hydroxylation sites is 2. The molecular weight excluding hydrogens is 383 g/mol. The number of anilines is 2. The summed E-state index contributed by atoms with van der Waals surface area (Å²) in [5.74, 6) is -0.137. The fourth-order valence-electron chi connectivity index (χ4n) is 2.95. The standard InChI is InChI=1S/C20H15FN2O4S/c1-12-10-13(21)6-9-19(12)28(25,26)23-14-7-8-17-15(11-14)20(24)22-16-4-2-3-5-18(16)27-17/h2-11,23H,1H3,(H,22,24). The van der Waals surface area contributed by atoms with Crippen LogP contribution in [0, 0.1) is 12.7 Å². The second-order valence-electron chi connectivity index (χ2n) is 6.28. The predicted octanol–water partition coefficient (Wildman–Crippen LogP) is 4.29. The lowest BCUT2D eigenvalue weighted by Crippen LogP contribution is -2.15. The quantitative estimate of drug-likeness (QED) is 0.689. The number of sulfonamides is 1. The van der Waals surface area contributed by atoms with E-state index < -0.39 is 21.7 Å². The van der Waals surface area contributed by atoms with Gasteiger partial charge in [-0.25, -0.2) is 12.8 Å². The summed E-state index contributed by atoms with van der Waals surface area (Å²) in [6.07, 6.45) is 0. The highest BCUT2D eigenvalue weighted by atomic mass is 32.2.